The number of phenolic OH excluding ortho intramolecular Hbond substituents is 1. The molecule has 1 aliphatic heterocycles. The summed E-state index contributed by atoms with van der Waals surface area (Å²) < 4.78 is 6.45. The lowest BCUT2D eigenvalue weighted by Crippen LogP contribution is -2.58. The Kier molecular flexibility index (Phi) is 19.7. The second-order valence-electron chi connectivity index (χ2n) is 15.8. The second-order valence-corrected chi connectivity index (χ2v) is 16.7. The van der Waals surface area contributed by atoms with Crippen LogP contribution in [0.2, 0.25) is 0 Å². The molecule has 1 fully saturated rings. The number of hydrazine groups is 1. The Morgan fingerprint density at radius 2 is 1.73 bits per heavy atom. The van der Waals surface area contributed by atoms with E-state index >= 15 is 0 Å². The number of hydrogen-bond acceptors (Lipinski definition) is 10. The van der Waals surface area contributed by atoms with E-state index in [9.17, 15) is 24.3 Å². The van der Waals surface area contributed by atoms with Crippen molar-refractivity contribution in [1.82, 2.24) is 36.3 Å². The van der Waals surface area contributed by atoms with Gasteiger partial charge in [0.05, 0.1) is 6.04 Å². The smallest absolute Gasteiger partial charge is 0.270 e. The number of nitrogens with one attached hydrogen (secondary N) is 4. The highest BCUT2D eigenvalue weighted by atomic mass is 32.1. The minimum Gasteiger partial charge on any atom is -0.508 e. The van der Waals surface area contributed by atoms with E-state index in [0.717, 1.165) is 50.6 Å². The lowest BCUT2D eigenvalue weighted by atomic mass is 9.92. The molecule has 0 radical (unpaired) electrons. The lowest BCUT2D eigenvalue weighted by Gasteiger charge is -2.40. The fourth-order valence-corrected chi connectivity index (χ4v) is 8.23. The SMILES string of the molecule is CCCO[C@H](C[C@H](C(C)C)N(CCC)C(=O)[C@@H](NC(=O)[C@H]1CCCCN1C)[C@@H](C)CC)c1nc(C(=O)N[C@@H](Cc2ccc(O)cc2)C[C@H](C)C(=O)NNC)cs1. The van der Waals surface area contributed by atoms with Crippen LogP contribution in [-0.4, -0.2) is 101 Å². The van der Waals surface area contributed by atoms with E-state index in [4.69, 9.17) is 9.72 Å². The van der Waals surface area contributed by atoms with Gasteiger partial charge in [-0.05, 0) is 81.6 Å². The molecule has 2 heterocycles. The molecule has 2 aromatic rings. The Balaban J connectivity index is 1.87. The van der Waals surface area contributed by atoms with E-state index in [0.29, 0.717) is 37.4 Å². The molecule has 1 saturated heterocycles. The number of carbonyl (C=O) groups excluding carboxylic acids is 4. The van der Waals surface area contributed by atoms with Crippen LogP contribution < -0.4 is 21.5 Å². The number of rotatable bonds is 23. The summed E-state index contributed by atoms with van der Waals surface area (Å²) in [5.74, 6) is -0.928. The summed E-state index contributed by atoms with van der Waals surface area (Å²) in [5.41, 5.74) is 6.45. The topological polar surface area (TPSA) is 165 Å². The van der Waals surface area contributed by atoms with Gasteiger partial charge in [0.2, 0.25) is 17.7 Å². The summed E-state index contributed by atoms with van der Waals surface area (Å²) in [6, 6.07) is 5.31. The van der Waals surface area contributed by atoms with Crippen molar-refractivity contribution in [3.63, 3.8) is 0 Å². The number of likely N-dealkylation sites (N-methyl/N-ethyl adjacent to an activating group) is 1. The molecule has 0 unspecified atom stereocenters. The Morgan fingerprint density at radius 1 is 1.02 bits per heavy atom. The molecule has 4 amide bonds. The van der Waals surface area contributed by atoms with Gasteiger partial charge in [0, 0.05) is 50.0 Å². The molecule has 56 heavy (non-hydrogen) atoms. The normalized spacial score (nSPS) is 18.0. The van der Waals surface area contributed by atoms with Gasteiger partial charge < -0.3 is 25.4 Å². The molecule has 14 heteroatoms. The summed E-state index contributed by atoms with van der Waals surface area (Å²) in [4.78, 5) is 63.5. The van der Waals surface area contributed by atoms with Crippen LogP contribution in [0.15, 0.2) is 29.6 Å². The predicted octanol–water partition coefficient (Wildman–Crippen LogP) is 5.60. The monoisotopic (exact) mass is 800 g/mol. The number of thiazole rings is 1. The van der Waals surface area contributed by atoms with Crippen LogP contribution in [0.25, 0.3) is 0 Å². The maximum atomic E-state index is 14.7. The van der Waals surface area contributed by atoms with Gasteiger partial charge in [-0.15, -0.1) is 11.3 Å². The highest BCUT2D eigenvalue weighted by Gasteiger charge is 2.38. The van der Waals surface area contributed by atoms with Crippen LogP contribution in [0.4, 0.5) is 0 Å². The molecule has 0 aliphatic carbocycles. The first-order valence-corrected chi connectivity index (χ1v) is 21.6. The van der Waals surface area contributed by atoms with Gasteiger partial charge >= 0.3 is 0 Å². The average Bonchev–Trinajstić information content (AvgIpc) is 3.67. The Morgan fingerprint density at radius 3 is 2.34 bits per heavy atom. The molecule has 0 bridgehead atoms. The molecule has 7 atom stereocenters. The van der Waals surface area contributed by atoms with Crippen LogP contribution >= 0.6 is 11.3 Å². The first kappa shape index (κ1) is 46.8. The first-order valence-electron chi connectivity index (χ1n) is 20.7. The molecule has 1 aromatic heterocycles. The fraction of sp³-hybridized carbons (Fsp3) is 0.690. The van der Waals surface area contributed by atoms with Crippen molar-refractivity contribution in [3.05, 3.63) is 45.9 Å². The van der Waals surface area contributed by atoms with Crippen molar-refractivity contribution >= 4 is 35.0 Å². The Hall–Kier alpha value is -3.59. The van der Waals surface area contributed by atoms with E-state index in [1.807, 2.05) is 32.7 Å². The highest BCUT2D eigenvalue weighted by Crippen LogP contribution is 2.32. The van der Waals surface area contributed by atoms with Gasteiger partial charge in [-0.3, -0.25) is 29.5 Å². The number of aromatic nitrogens is 1. The molecular weight excluding hydrogens is 731 g/mol. The Bertz CT molecular complexity index is 1520. The van der Waals surface area contributed by atoms with E-state index in [-0.39, 0.29) is 59.0 Å². The molecule has 1 aromatic carbocycles. The molecule has 13 nitrogen and oxygen atoms in total. The van der Waals surface area contributed by atoms with E-state index in [1.165, 1.54) is 11.3 Å². The van der Waals surface area contributed by atoms with Crippen molar-refractivity contribution < 1.29 is 29.0 Å². The summed E-state index contributed by atoms with van der Waals surface area (Å²) in [5, 5.41) is 18.5. The van der Waals surface area contributed by atoms with Crippen LogP contribution in [0.5, 0.6) is 5.75 Å². The predicted molar refractivity (Wildman–Crippen MR) is 222 cm³/mol. The number of hydrogen-bond donors (Lipinski definition) is 5. The quantitative estimate of drug-likeness (QED) is 0.0900. The molecule has 5 N–H and O–H groups in total. The maximum Gasteiger partial charge on any atom is 0.270 e. The third kappa shape index (κ3) is 13.8. The van der Waals surface area contributed by atoms with Crippen molar-refractivity contribution in [3.8, 4) is 5.75 Å². The average molecular weight is 800 g/mol. The first-order chi connectivity index (χ1) is 26.7. The number of ether oxygens (including phenoxy) is 1. The van der Waals surface area contributed by atoms with E-state index in [2.05, 4.69) is 54.1 Å². The van der Waals surface area contributed by atoms with Gasteiger partial charge in [0.15, 0.2) is 0 Å². The fourth-order valence-electron chi connectivity index (χ4n) is 7.37. The summed E-state index contributed by atoms with van der Waals surface area (Å²) in [6.45, 7) is 16.1. The molecule has 1 aliphatic rings. The Labute approximate surface area is 339 Å². The van der Waals surface area contributed by atoms with Crippen LogP contribution in [0.3, 0.4) is 0 Å². The van der Waals surface area contributed by atoms with Gasteiger partial charge in [-0.1, -0.05) is 73.4 Å². The molecule has 3 rings (SSSR count). The molecule has 314 valence electrons. The number of carbonyl (C=O) groups is 4. The standard InChI is InChI=1S/C42H69N7O6S/c1-10-20-49(42(54)37(28(6)12-3)46-40(53)34-15-13-14-21-48(34)9)35(27(4)5)25-36(55-22-11-2)41-45-33(26-56-41)39(52)44-31(23-29(7)38(51)47-43-8)24-30-16-18-32(50)19-17-30/h16-19,26-29,31,34-37,43,50H,10-15,20-25H2,1-9H3,(H,44,52)(H,46,53)(H,47,51)/t28-,29-,31+,34+,35+,36+,37-/m0/s1. The third-order valence-electron chi connectivity index (χ3n) is 10.9. The minimum atomic E-state index is -0.651. The number of amides is 4. The second kappa shape index (κ2) is 23.6. The largest absolute Gasteiger partial charge is 0.508 e. The number of nitrogens with zero attached hydrogens (tertiary/aromatic N) is 3. The number of phenols is 1. The number of likely N-dealkylation sites (tertiary alicyclic amines) is 1. The highest BCUT2D eigenvalue weighted by molar-refractivity contribution is 7.09. The summed E-state index contributed by atoms with van der Waals surface area (Å²) in [6.07, 6.45) is 5.98. The third-order valence-corrected chi connectivity index (χ3v) is 11.8. The molecular formula is C42H69N7O6S. The van der Waals surface area contributed by atoms with Crippen LogP contribution in [-0.2, 0) is 25.5 Å². The zero-order valence-electron chi connectivity index (χ0n) is 35.2. The van der Waals surface area contributed by atoms with Gasteiger partial charge in [0.25, 0.3) is 5.91 Å². The van der Waals surface area contributed by atoms with Gasteiger partial charge in [-0.2, -0.15) is 0 Å². The molecule has 0 saturated carbocycles. The van der Waals surface area contributed by atoms with Crippen molar-refractivity contribution in [2.45, 2.75) is 137 Å². The zero-order valence-corrected chi connectivity index (χ0v) is 36.0. The van der Waals surface area contributed by atoms with E-state index in [1.54, 1.807) is 36.7 Å². The number of aromatic hydroxyl groups is 1. The van der Waals surface area contributed by atoms with E-state index < -0.39 is 24.1 Å². The minimum absolute atomic E-state index is 0.0572. The maximum absolute atomic E-state index is 14.7. The summed E-state index contributed by atoms with van der Waals surface area (Å²) >= 11 is 1.36. The number of benzene rings is 1. The van der Waals surface area contributed by atoms with Crippen molar-refractivity contribution in [1.29, 1.82) is 0 Å². The lowest BCUT2D eigenvalue weighted by molar-refractivity contribution is -0.143. The molecule has 0 spiro atoms. The van der Waals surface area contributed by atoms with Crippen molar-refractivity contribution in [2.24, 2.45) is 17.8 Å². The van der Waals surface area contributed by atoms with Gasteiger partial charge in [-0.25, -0.2) is 10.4 Å². The van der Waals surface area contributed by atoms with Crippen LogP contribution in [0.1, 0.15) is 127 Å². The van der Waals surface area contributed by atoms with Crippen LogP contribution in [0, 0.1) is 17.8 Å². The summed E-state index contributed by atoms with van der Waals surface area (Å²) in [7, 11) is 3.61. The number of piperidine rings is 1. The van der Waals surface area contributed by atoms with Gasteiger partial charge in [0.1, 0.15) is 28.6 Å². The zero-order chi connectivity index (χ0) is 41.4. The van der Waals surface area contributed by atoms with Crippen molar-refractivity contribution in [2.75, 3.05) is 33.8 Å².